The molecule has 0 aliphatic carbocycles. The lowest BCUT2D eigenvalue weighted by Crippen LogP contribution is -2.08. The first-order valence-corrected chi connectivity index (χ1v) is 6.95. The maximum atomic E-state index is 10.3. The number of hydrogen-bond acceptors (Lipinski definition) is 3. The van der Waals surface area contributed by atoms with E-state index in [0.29, 0.717) is 13.2 Å². The van der Waals surface area contributed by atoms with E-state index in [1.165, 1.54) is 26.2 Å². The summed E-state index contributed by atoms with van der Waals surface area (Å²) in [5, 5.41) is 0. The van der Waals surface area contributed by atoms with Gasteiger partial charge in [-0.2, -0.15) is 0 Å². The van der Waals surface area contributed by atoms with Gasteiger partial charge in [0.05, 0.1) is 6.61 Å². The minimum absolute atomic E-state index is 0.241. The molecule has 0 aromatic carbocycles. The van der Waals surface area contributed by atoms with Crippen molar-refractivity contribution in [3.8, 4) is 0 Å². The number of unbranched alkanes of at least 4 members (excludes halogenated alkanes) is 3. The molecule has 0 saturated carbocycles. The molecule has 0 heterocycles. The van der Waals surface area contributed by atoms with E-state index in [0.717, 1.165) is 13.0 Å². The summed E-state index contributed by atoms with van der Waals surface area (Å²) in [4.78, 5) is 10.3. The number of ether oxygens (including phenoxy) is 2. The third-order valence-corrected chi connectivity index (χ3v) is 1.68. The minimum Gasteiger partial charge on any atom is -0.463 e. The SMILES string of the molecule is C=CC.C=CC.CCCCCCOCCOC(C)=O. The Hall–Kier alpha value is -1.09. The molecule has 114 valence electrons. The standard InChI is InChI=1S/C10H20O3.2C3H6/c1-3-4-5-6-7-12-8-9-13-10(2)11;2*1-3-2/h3-9H2,1-2H3;2*3H,1H2,2H3. The van der Waals surface area contributed by atoms with Crippen molar-refractivity contribution in [2.24, 2.45) is 0 Å². The molecule has 0 aliphatic rings. The van der Waals surface area contributed by atoms with E-state index in [9.17, 15) is 4.79 Å². The van der Waals surface area contributed by atoms with E-state index in [-0.39, 0.29) is 5.97 Å². The fraction of sp³-hybridized carbons (Fsp3) is 0.688. The molecule has 0 saturated heterocycles. The van der Waals surface area contributed by atoms with Crippen molar-refractivity contribution in [3.05, 3.63) is 25.3 Å². The van der Waals surface area contributed by atoms with Crippen LogP contribution in [-0.2, 0) is 14.3 Å². The molecule has 0 aromatic rings. The zero-order valence-corrected chi connectivity index (χ0v) is 13.2. The van der Waals surface area contributed by atoms with Crippen LogP contribution in [0.4, 0.5) is 0 Å². The van der Waals surface area contributed by atoms with Crippen LogP contribution in [0, 0.1) is 0 Å². The molecule has 0 N–H and O–H groups in total. The molecule has 19 heavy (non-hydrogen) atoms. The van der Waals surface area contributed by atoms with Gasteiger partial charge >= 0.3 is 5.97 Å². The predicted octanol–water partition coefficient (Wildman–Crippen LogP) is 4.53. The Morgan fingerprint density at radius 1 is 1.00 bits per heavy atom. The van der Waals surface area contributed by atoms with Gasteiger partial charge in [-0.25, -0.2) is 0 Å². The Balaban J connectivity index is -0.000000360. The topological polar surface area (TPSA) is 35.5 Å². The highest BCUT2D eigenvalue weighted by molar-refractivity contribution is 5.65. The molecular formula is C16H32O3. The van der Waals surface area contributed by atoms with Gasteiger partial charge in [-0.05, 0) is 20.3 Å². The lowest BCUT2D eigenvalue weighted by atomic mass is 10.2. The summed E-state index contributed by atoms with van der Waals surface area (Å²) < 4.78 is 9.96. The summed E-state index contributed by atoms with van der Waals surface area (Å²) in [6.45, 7) is 15.8. The summed E-state index contributed by atoms with van der Waals surface area (Å²) in [5.41, 5.74) is 0. The Bertz CT molecular complexity index is 182. The Morgan fingerprint density at radius 2 is 1.53 bits per heavy atom. The van der Waals surface area contributed by atoms with Gasteiger partial charge in [0, 0.05) is 13.5 Å². The Kier molecular flexibility index (Phi) is 31.1. The number of rotatable bonds is 8. The lowest BCUT2D eigenvalue weighted by Gasteiger charge is -2.03. The molecule has 3 nitrogen and oxygen atoms in total. The van der Waals surface area contributed by atoms with Crippen molar-refractivity contribution < 1.29 is 14.3 Å². The minimum atomic E-state index is -0.241. The lowest BCUT2D eigenvalue weighted by molar-refractivity contribution is -0.142. The van der Waals surface area contributed by atoms with E-state index < -0.39 is 0 Å². The molecule has 0 unspecified atom stereocenters. The van der Waals surface area contributed by atoms with Gasteiger partial charge in [0.25, 0.3) is 0 Å². The summed E-state index contributed by atoms with van der Waals surface area (Å²) in [5.74, 6) is -0.241. The summed E-state index contributed by atoms with van der Waals surface area (Å²) >= 11 is 0. The first-order valence-electron chi connectivity index (χ1n) is 6.95. The fourth-order valence-corrected chi connectivity index (χ4v) is 0.977. The van der Waals surface area contributed by atoms with E-state index in [2.05, 4.69) is 20.1 Å². The van der Waals surface area contributed by atoms with Crippen LogP contribution in [0.1, 0.15) is 53.4 Å². The molecule has 0 amide bonds. The van der Waals surface area contributed by atoms with Gasteiger partial charge in [0.2, 0.25) is 0 Å². The van der Waals surface area contributed by atoms with Crippen LogP contribution in [-0.4, -0.2) is 25.8 Å². The van der Waals surface area contributed by atoms with Gasteiger partial charge < -0.3 is 9.47 Å². The smallest absolute Gasteiger partial charge is 0.302 e. The van der Waals surface area contributed by atoms with Gasteiger partial charge in [-0.1, -0.05) is 38.3 Å². The van der Waals surface area contributed by atoms with Crippen molar-refractivity contribution in [3.63, 3.8) is 0 Å². The second-order valence-corrected chi connectivity index (χ2v) is 3.83. The fourth-order valence-electron chi connectivity index (χ4n) is 0.977. The third kappa shape index (κ3) is 47.4. The Labute approximate surface area is 119 Å². The van der Waals surface area contributed by atoms with Crippen LogP contribution in [0.15, 0.2) is 25.3 Å². The second kappa shape index (κ2) is 25.7. The highest BCUT2D eigenvalue weighted by atomic mass is 16.6. The van der Waals surface area contributed by atoms with Crippen LogP contribution in [0.2, 0.25) is 0 Å². The maximum absolute atomic E-state index is 10.3. The van der Waals surface area contributed by atoms with Crippen LogP contribution in [0.25, 0.3) is 0 Å². The van der Waals surface area contributed by atoms with Gasteiger partial charge in [0.15, 0.2) is 0 Å². The summed E-state index contributed by atoms with van der Waals surface area (Å²) in [7, 11) is 0. The van der Waals surface area contributed by atoms with Crippen LogP contribution < -0.4 is 0 Å². The van der Waals surface area contributed by atoms with E-state index in [1.54, 1.807) is 12.2 Å². The van der Waals surface area contributed by atoms with E-state index >= 15 is 0 Å². The van der Waals surface area contributed by atoms with Crippen molar-refractivity contribution in [1.29, 1.82) is 0 Å². The molecule has 3 heteroatoms. The number of hydrogen-bond donors (Lipinski definition) is 0. The maximum Gasteiger partial charge on any atom is 0.302 e. The highest BCUT2D eigenvalue weighted by Gasteiger charge is 1.92. The molecule has 0 aromatic heterocycles. The van der Waals surface area contributed by atoms with Crippen molar-refractivity contribution in [1.82, 2.24) is 0 Å². The molecule has 0 fully saturated rings. The van der Waals surface area contributed by atoms with E-state index in [4.69, 9.17) is 9.47 Å². The average Bonchev–Trinajstić information content (AvgIpc) is 2.34. The van der Waals surface area contributed by atoms with Crippen molar-refractivity contribution >= 4 is 5.97 Å². The number of allylic oxidation sites excluding steroid dienone is 2. The normalized spacial score (nSPS) is 8.21. The summed E-state index contributed by atoms with van der Waals surface area (Å²) in [6.07, 6.45) is 8.35. The van der Waals surface area contributed by atoms with E-state index in [1.807, 2.05) is 13.8 Å². The summed E-state index contributed by atoms with van der Waals surface area (Å²) in [6, 6.07) is 0. The van der Waals surface area contributed by atoms with Crippen molar-refractivity contribution in [2.45, 2.75) is 53.4 Å². The number of esters is 1. The third-order valence-electron chi connectivity index (χ3n) is 1.68. The molecule has 0 atom stereocenters. The predicted molar refractivity (Wildman–Crippen MR) is 83.3 cm³/mol. The monoisotopic (exact) mass is 272 g/mol. The van der Waals surface area contributed by atoms with Crippen molar-refractivity contribution in [2.75, 3.05) is 19.8 Å². The van der Waals surface area contributed by atoms with Crippen LogP contribution in [0.5, 0.6) is 0 Å². The first kappa shape index (κ1) is 23.0. The zero-order chi connectivity index (χ0) is 15.4. The quantitative estimate of drug-likeness (QED) is 0.370. The van der Waals surface area contributed by atoms with Gasteiger partial charge in [-0.3, -0.25) is 4.79 Å². The molecular weight excluding hydrogens is 240 g/mol. The van der Waals surface area contributed by atoms with Gasteiger partial charge in [0.1, 0.15) is 6.61 Å². The largest absolute Gasteiger partial charge is 0.463 e. The Morgan fingerprint density at radius 3 is 1.95 bits per heavy atom. The molecule has 0 aliphatic heterocycles. The molecule has 0 spiro atoms. The van der Waals surface area contributed by atoms with Crippen LogP contribution in [0.3, 0.4) is 0 Å². The molecule has 0 rings (SSSR count). The zero-order valence-electron chi connectivity index (χ0n) is 13.2. The second-order valence-electron chi connectivity index (χ2n) is 3.83. The highest BCUT2D eigenvalue weighted by Crippen LogP contribution is 1.98. The molecule has 0 radical (unpaired) electrons. The number of carbonyl (C=O) groups excluding carboxylic acids is 1. The first-order chi connectivity index (χ1) is 9.10. The van der Waals surface area contributed by atoms with Crippen LogP contribution >= 0.6 is 0 Å². The molecule has 0 bridgehead atoms. The number of carbonyl (C=O) groups is 1. The average molecular weight is 272 g/mol. The van der Waals surface area contributed by atoms with Gasteiger partial charge in [-0.15, -0.1) is 13.2 Å².